The van der Waals surface area contributed by atoms with E-state index in [-0.39, 0.29) is 36.4 Å². The van der Waals surface area contributed by atoms with Gasteiger partial charge in [-0.05, 0) is 77.8 Å². The van der Waals surface area contributed by atoms with Crippen molar-refractivity contribution in [2.75, 3.05) is 41.0 Å². The Kier molecular flexibility index (Phi) is 12.2. The average Bonchev–Trinajstić information content (AvgIpc) is 4.07. The number of methoxy groups -OCH3 is 3. The zero-order chi connectivity index (χ0) is 40.2. The summed E-state index contributed by atoms with van der Waals surface area (Å²) in [4.78, 5) is 59.4. The van der Waals surface area contributed by atoms with E-state index in [1.54, 1.807) is 11.1 Å². The van der Waals surface area contributed by atoms with Gasteiger partial charge in [0.15, 0.2) is 0 Å². The largest absolute Gasteiger partial charge is 0.453 e. The van der Waals surface area contributed by atoms with Crippen LogP contribution in [-0.2, 0) is 23.8 Å². The minimum absolute atomic E-state index is 0.000293. The normalized spacial score (nSPS) is 19.2. The van der Waals surface area contributed by atoms with E-state index in [4.69, 9.17) is 19.2 Å². The summed E-state index contributed by atoms with van der Waals surface area (Å²) in [6.45, 7) is 5.23. The molecule has 0 spiro atoms. The van der Waals surface area contributed by atoms with E-state index in [1.807, 2.05) is 24.8 Å². The molecule has 3 aromatic carbocycles. The lowest BCUT2D eigenvalue weighted by molar-refractivity contribution is -0.145. The maximum absolute atomic E-state index is 13.8. The van der Waals surface area contributed by atoms with Crippen LogP contribution in [0.5, 0.6) is 0 Å². The molecule has 0 radical (unpaired) electrons. The lowest BCUT2D eigenvalue weighted by Gasteiger charge is -2.32. The molecule has 2 aliphatic rings. The highest BCUT2D eigenvalue weighted by atomic mass is 16.6. The van der Waals surface area contributed by atoms with E-state index in [0.29, 0.717) is 18.9 Å². The molecule has 57 heavy (non-hydrogen) atoms. The van der Waals surface area contributed by atoms with Gasteiger partial charge in [0, 0.05) is 32.9 Å². The third-order valence-corrected chi connectivity index (χ3v) is 11.4. The summed E-state index contributed by atoms with van der Waals surface area (Å²) < 4.78 is 14.9. The summed E-state index contributed by atoms with van der Waals surface area (Å²) in [5.74, 6) is 1.15. The van der Waals surface area contributed by atoms with E-state index in [1.165, 1.54) is 21.3 Å². The number of likely N-dealkylation sites (tertiary alicyclic amines) is 2. The molecule has 2 saturated heterocycles. The fraction of sp³-hybridized carbons (Fsp3) is 0.452. The first kappa shape index (κ1) is 39.9. The van der Waals surface area contributed by atoms with Gasteiger partial charge >= 0.3 is 6.09 Å². The maximum atomic E-state index is 13.8. The number of aromatic amines is 2. The molecule has 5 N–H and O–H groups in total. The minimum Gasteiger partial charge on any atom is -0.453 e. The number of alkyl carbamates (subject to hydrolysis) is 1. The van der Waals surface area contributed by atoms with Gasteiger partial charge in [-0.3, -0.25) is 14.9 Å². The third-order valence-electron chi connectivity index (χ3n) is 11.4. The molecule has 2 aliphatic heterocycles. The van der Waals surface area contributed by atoms with Gasteiger partial charge in [-0.15, -0.1) is 0 Å². The summed E-state index contributed by atoms with van der Waals surface area (Å²) in [6.07, 6.45) is 3.89. The highest BCUT2D eigenvalue weighted by molar-refractivity contribution is 5.92. The van der Waals surface area contributed by atoms with Gasteiger partial charge < -0.3 is 44.4 Å². The van der Waals surface area contributed by atoms with Gasteiger partial charge in [0.05, 0.1) is 54.8 Å². The first-order chi connectivity index (χ1) is 27.6. The number of aliphatic hydroxyl groups is 1. The van der Waals surface area contributed by atoms with E-state index >= 15 is 0 Å². The highest BCUT2D eigenvalue weighted by Crippen LogP contribution is 2.36. The van der Waals surface area contributed by atoms with Crippen LogP contribution >= 0.6 is 0 Å². The van der Waals surface area contributed by atoms with Crippen LogP contribution in [0.3, 0.4) is 0 Å². The van der Waals surface area contributed by atoms with Gasteiger partial charge in [-0.25, -0.2) is 14.8 Å². The van der Waals surface area contributed by atoms with E-state index in [2.05, 4.69) is 74.1 Å². The number of hydrogen-bond acceptors (Lipinski definition) is 10. The second kappa shape index (κ2) is 17.4. The quantitative estimate of drug-likeness (QED) is 0.0914. The van der Waals surface area contributed by atoms with Crippen LogP contribution in [0.15, 0.2) is 60.8 Å². The van der Waals surface area contributed by atoms with Gasteiger partial charge in [0.1, 0.15) is 17.7 Å². The summed E-state index contributed by atoms with van der Waals surface area (Å²) >= 11 is 0. The van der Waals surface area contributed by atoms with Crippen molar-refractivity contribution in [2.24, 2.45) is 5.92 Å². The van der Waals surface area contributed by atoms with Gasteiger partial charge in [-0.2, -0.15) is 0 Å². The fourth-order valence-corrected chi connectivity index (χ4v) is 8.10. The van der Waals surface area contributed by atoms with Gasteiger partial charge in [-0.1, -0.05) is 50.6 Å². The smallest absolute Gasteiger partial charge is 0.407 e. The van der Waals surface area contributed by atoms with Gasteiger partial charge in [0.2, 0.25) is 18.2 Å². The number of nitrogens with one attached hydrogen (secondary N) is 4. The molecule has 7 rings (SSSR count). The standard InChI is InChI=1S/C42H52N8O7/c1-6-24(2)36(48-42(54)57-5)40(52)50-18-8-10-35(50)38-44-30-16-15-28(21-31(30)45-38)26-11-12-27-20-29(14-13-25(27)19-26)32-22-43-37(46-32)34-9-7-17-49(34)39(51)33(23-55-3)47-41(53)56-4/h11-16,19-22,24,33-36,42,48,54H,6-10,17-18,23H2,1-5H3,(H,43,46)(H,44,45)(H,47,53). The molecule has 15 nitrogen and oxygen atoms in total. The predicted molar refractivity (Wildman–Crippen MR) is 215 cm³/mol. The van der Waals surface area contributed by atoms with Crippen molar-refractivity contribution in [1.29, 1.82) is 0 Å². The predicted octanol–water partition coefficient (Wildman–Crippen LogP) is 5.40. The Morgan fingerprint density at radius 2 is 1.53 bits per heavy atom. The molecular formula is C42H52N8O7. The lowest BCUT2D eigenvalue weighted by atomic mass is 9.97. The van der Waals surface area contributed by atoms with E-state index < -0.39 is 24.6 Å². The topological polar surface area (TPSA) is 187 Å². The van der Waals surface area contributed by atoms with Crippen LogP contribution in [0.25, 0.3) is 44.2 Å². The Balaban J connectivity index is 1.07. The number of rotatable bonds is 14. The average molecular weight is 781 g/mol. The summed E-state index contributed by atoms with van der Waals surface area (Å²) in [5.41, 5.74) is 5.66. The van der Waals surface area contributed by atoms with E-state index in [9.17, 15) is 19.5 Å². The number of fused-ring (bicyclic) bond motifs is 2. The number of benzene rings is 3. The van der Waals surface area contributed by atoms with Crippen LogP contribution in [0.2, 0.25) is 0 Å². The number of imidazole rings is 2. The van der Waals surface area contributed by atoms with Crippen LogP contribution in [0.4, 0.5) is 4.79 Å². The first-order valence-electron chi connectivity index (χ1n) is 19.6. The van der Waals surface area contributed by atoms with Crippen molar-refractivity contribution in [3.63, 3.8) is 0 Å². The Labute approximate surface area is 331 Å². The van der Waals surface area contributed by atoms with Crippen molar-refractivity contribution >= 4 is 39.7 Å². The number of aliphatic hydroxyl groups excluding tert-OH is 1. The van der Waals surface area contributed by atoms with Crippen molar-refractivity contribution in [2.45, 2.75) is 76.5 Å². The number of hydrogen-bond donors (Lipinski definition) is 5. The summed E-state index contributed by atoms with van der Waals surface area (Å²) in [6, 6.07) is 17.0. The van der Waals surface area contributed by atoms with Crippen LogP contribution in [0, 0.1) is 5.92 Å². The SMILES string of the molecule is CCC(C)C(NC(O)OC)C(=O)N1CCCC1c1nc2ccc(-c3ccc4cc(-c5cnc(C6CCCN6C(=O)C(COC)NC(=O)OC)[nH]5)ccc4c3)cc2[nH]1. The van der Waals surface area contributed by atoms with Crippen molar-refractivity contribution < 1.29 is 33.7 Å². The van der Waals surface area contributed by atoms with Crippen LogP contribution in [0.1, 0.15) is 69.7 Å². The number of aromatic nitrogens is 4. The molecule has 4 heterocycles. The van der Waals surface area contributed by atoms with Crippen LogP contribution < -0.4 is 10.6 Å². The third kappa shape index (κ3) is 8.37. The lowest BCUT2D eigenvalue weighted by Crippen LogP contribution is -2.53. The summed E-state index contributed by atoms with van der Waals surface area (Å²) in [7, 11) is 4.14. The zero-order valence-electron chi connectivity index (χ0n) is 33.1. The zero-order valence-corrected chi connectivity index (χ0v) is 33.1. The molecule has 15 heteroatoms. The fourth-order valence-electron chi connectivity index (χ4n) is 8.10. The molecule has 6 atom stereocenters. The molecule has 2 aromatic heterocycles. The minimum atomic E-state index is -1.23. The Bertz CT molecular complexity index is 2220. The van der Waals surface area contributed by atoms with Crippen molar-refractivity contribution in [1.82, 2.24) is 40.4 Å². The molecule has 302 valence electrons. The van der Waals surface area contributed by atoms with Crippen molar-refractivity contribution in [3.05, 3.63) is 72.4 Å². The highest BCUT2D eigenvalue weighted by Gasteiger charge is 2.39. The number of ether oxygens (including phenoxy) is 3. The van der Waals surface area contributed by atoms with Gasteiger partial charge in [0.25, 0.3) is 0 Å². The summed E-state index contributed by atoms with van der Waals surface area (Å²) in [5, 5.41) is 17.8. The number of carbonyl (C=O) groups is 3. The van der Waals surface area contributed by atoms with Crippen LogP contribution in [-0.4, -0.2) is 112 Å². The monoisotopic (exact) mass is 780 g/mol. The number of amides is 3. The second-order valence-corrected chi connectivity index (χ2v) is 15.0. The first-order valence-corrected chi connectivity index (χ1v) is 19.6. The Hall–Kier alpha value is -5.35. The maximum Gasteiger partial charge on any atom is 0.407 e. The number of H-pyrrole nitrogens is 2. The molecule has 3 amide bonds. The molecular weight excluding hydrogens is 729 g/mol. The molecule has 2 fully saturated rings. The molecule has 6 unspecified atom stereocenters. The molecule has 0 bridgehead atoms. The number of nitrogens with zero attached hydrogens (tertiary/aromatic N) is 4. The molecule has 5 aromatic rings. The van der Waals surface area contributed by atoms with Crippen molar-refractivity contribution in [3.8, 4) is 22.4 Å². The molecule has 0 aliphatic carbocycles. The second-order valence-electron chi connectivity index (χ2n) is 15.0. The van der Waals surface area contributed by atoms with E-state index in [0.717, 1.165) is 82.1 Å². The Morgan fingerprint density at radius 3 is 2.21 bits per heavy atom. The Morgan fingerprint density at radius 1 is 0.877 bits per heavy atom. The number of carbonyl (C=O) groups excluding carboxylic acids is 3. The molecule has 0 saturated carbocycles.